The smallest absolute Gasteiger partial charge is 0.145 e. The maximum atomic E-state index is 4.61. The van der Waals surface area contributed by atoms with E-state index in [1.807, 2.05) is 6.20 Å². The van der Waals surface area contributed by atoms with Crippen LogP contribution in [0.1, 0.15) is 32.3 Å². The second-order valence-corrected chi connectivity index (χ2v) is 4.67. The molecule has 0 saturated heterocycles. The average Bonchev–Trinajstić information content (AvgIpc) is 2.46. The summed E-state index contributed by atoms with van der Waals surface area (Å²) in [6.07, 6.45) is 6.94. The molecule has 0 spiro atoms. The molecule has 3 nitrogen and oxygen atoms in total. The Kier molecular flexibility index (Phi) is 4.90. The molecule has 0 saturated carbocycles. The van der Waals surface area contributed by atoms with Gasteiger partial charge in [0.2, 0.25) is 0 Å². The second kappa shape index (κ2) is 6.88. The third-order valence-corrected chi connectivity index (χ3v) is 2.95. The van der Waals surface area contributed by atoms with E-state index < -0.39 is 0 Å². The Bertz CT molecular complexity index is 523. The maximum Gasteiger partial charge on any atom is 0.145 e. The first-order valence-electron chi connectivity index (χ1n) is 6.98. The van der Waals surface area contributed by atoms with Gasteiger partial charge in [0.05, 0.1) is 18.1 Å². The van der Waals surface area contributed by atoms with Gasteiger partial charge in [-0.3, -0.25) is 4.98 Å². The summed E-state index contributed by atoms with van der Waals surface area (Å²) in [4.78, 5) is 8.87. The van der Waals surface area contributed by atoms with Gasteiger partial charge in [-0.25, -0.2) is 4.98 Å². The molecule has 1 aromatic heterocycles. The van der Waals surface area contributed by atoms with Crippen molar-refractivity contribution in [1.29, 1.82) is 0 Å². The van der Waals surface area contributed by atoms with Crippen LogP contribution in [0.3, 0.4) is 0 Å². The maximum absolute atomic E-state index is 4.61. The van der Waals surface area contributed by atoms with Crippen LogP contribution < -0.4 is 5.32 Å². The van der Waals surface area contributed by atoms with Crippen LogP contribution in [0.2, 0.25) is 0 Å². The van der Waals surface area contributed by atoms with E-state index in [1.54, 1.807) is 6.20 Å². The van der Waals surface area contributed by atoms with Crippen molar-refractivity contribution >= 4 is 5.82 Å². The minimum absolute atomic E-state index is 0.847. The van der Waals surface area contributed by atoms with Crippen molar-refractivity contribution in [3.63, 3.8) is 0 Å². The topological polar surface area (TPSA) is 37.8 Å². The van der Waals surface area contributed by atoms with Gasteiger partial charge in [-0.1, -0.05) is 38.5 Å². The zero-order valence-electron chi connectivity index (χ0n) is 11.7. The molecule has 2 rings (SSSR count). The van der Waals surface area contributed by atoms with Crippen LogP contribution in [0.5, 0.6) is 0 Å². The number of nitrogens with zero attached hydrogens (tertiary/aromatic N) is 2. The van der Waals surface area contributed by atoms with Gasteiger partial charge in [0.1, 0.15) is 5.82 Å². The van der Waals surface area contributed by atoms with Crippen molar-refractivity contribution in [3.05, 3.63) is 42.2 Å². The minimum Gasteiger partial charge on any atom is -0.369 e. The highest BCUT2D eigenvalue weighted by Gasteiger charge is 2.02. The van der Waals surface area contributed by atoms with Gasteiger partial charge in [-0.2, -0.15) is 0 Å². The van der Waals surface area contributed by atoms with E-state index in [2.05, 4.69) is 53.4 Å². The molecule has 19 heavy (non-hydrogen) atoms. The monoisotopic (exact) mass is 255 g/mol. The van der Waals surface area contributed by atoms with Gasteiger partial charge in [0, 0.05) is 12.1 Å². The summed E-state index contributed by atoms with van der Waals surface area (Å²) in [6, 6.07) is 8.55. The first kappa shape index (κ1) is 13.5. The van der Waals surface area contributed by atoms with Crippen LogP contribution in [0.4, 0.5) is 5.82 Å². The van der Waals surface area contributed by atoms with E-state index in [1.165, 1.54) is 5.56 Å². The number of anilines is 1. The highest BCUT2D eigenvalue weighted by molar-refractivity contribution is 5.60. The Hall–Kier alpha value is -1.90. The van der Waals surface area contributed by atoms with E-state index in [-0.39, 0.29) is 0 Å². The molecule has 0 amide bonds. The van der Waals surface area contributed by atoms with Crippen LogP contribution in [0.15, 0.2) is 36.7 Å². The van der Waals surface area contributed by atoms with Crippen molar-refractivity contribution in [2.24, 2.45) is 0 Å². The predicted octanol–water partition coefficient (Wildman–Crippen LogP) is 3.92. The Morgan fingerprint density at radius 3 is 2.79 bits per heavy atom. The summed E-state index contributed by atoms with van der Waals surface area (Å²) in [5.74, 6) is 0.847. The van der Waals surface area contributed by atoms with Crippen molar-refractivity contribution < 1.29 is 0 Å². The zero-order valence-corrected chi connectivity index (χ0v) is 11.7. The molecule has 0 aliphatic heterocycles. The summed E-state index contributed by atoms with van der Waals surface area (Å²) in [6.45, 7) is 5.26. The quantitative estimate of drug-likeness (QED) is 0.850. The largest absolute Gasteiger partial charge is 0.369 e. The Labute approximate surface area is 115 Å². The van der Waals surface area contributed by atoms with Crippen LogP contribution >= 0.6 is 0 Å². The number of rotatable bonds is 6. The predicted molar refractivity (Wildman–Crippen MR) is 80.2 cm³/mol. The third kappa shape index (κ3) is 3.78. The molecule has 100 valence electrons. The minimum atomic E-state index is 0.847. The lowest BCUT2D eigenvalue weighted by atomic mass is 10.1. The fourth-order valence-corrected chi connectivity index (χ4v) is 2.02. The normalized spacial score (nSPS) is 10.4. The highest BCUT2D eigenvalue weighted by atomic mass is 15.0. The molecular weight excluding hydrogens is 234 g/mol. The van der Waals surface area contributed by atoms with Gasteiger partial charge < -0.3 is 5.32 Å². The lowest BCUT2D eigenvalue weighted by Gasteiger charge is -2.07. The molecule has 2 aromatic rings. The second-order valence-electron chi connectivity index (χ2n) is 4.67. The lowest BCUT2D eigenvalue weighted by molar-refractivity contribution is 0.922. The van der Waals surface area contributed by atoms with E-state index in [0.717, 1.165) is 42.9 Å². The van der Waals surface area contributed by atoms with Gasteiger partial charge in [0.25, 0.3) is 0 Å². The Balaban J connectivity index is 2.23. The van der Waals surface area contributed by atoms with Gasteiger partial charge >= 0.3 is 0 Å². The molecule has 1 N–H and O–H groups in total. The average molecular weight is 255 g/mol. The number of nitrogens with one attached hydrogen (secondary N) is 1. The first-order chi connectivity index (χ1) is 9.33. The van der Waals surface area contributed by atoms with Crippen molar-refractivity contribution in [2.45, 2.75) is 33.1 Å². The van der Waals surface area contributed by atoms with E-state index in [9.17, 15) is 0 Å². The van der Waals surface area contributed by atoms with Crippen LogP contribution in [-0.4, -0.2) is 16.5 Å². The number of aryl methyl sites for hydroxylation is 1. The number of hydrogen-bond acceptors (Lipinski definition) is 3. The third-order valence-electron chi connectivity index (χ3n) is 2.95. The molecule has 0 aliphatic rings. The van der Waals surface area contributed by atoms with Gasteiger partial charge in [0.15, 0.2) is 0 Å². The Morgan fingerprint density at radius 2 is 2.00 bits per heavy atom. The molecular formula is C16H21N3. The molecule has 3 heteroatoms. The van der Waals surface area contributed by atoms with Crippen LogP contribution in [0, 0.1) is 0 Å². The number of benzene rings is 1. The van der Waals surface area contributed by atoms with E-state index in [0.29, 0.717) is 0 Å². The lowest BCUT2D eigenvalue weighted by Crippen LogP contribution is -2.02. The van der Waals surface area contributed by atoms with Crippen LogP contribution in [0.25, 0.3) is 11.3 Å². The molecule has 0 bridgehead atoms. The summed E-state index contributed by atoms with van der Waals surface area (Å²) in [5.41, 5.74) is 3.42. The standard InChI is InChI=1S/C16H21N3/c1-3-6-13-7-5-8-14(10-13)15-11-17-12-16(19-15)18-9-4-2/h5,7-8,10-12H,3-4,6,9H2,1-2H3,(H,18,19). The van der Waals surface area contributed by atoms with Crippen molar-refractivity contribution in [3.8, 4) is 11.3 Å². The van der Waals surface area contributed by atoms with Gasteiger partial charge in [-0.05, 0) is 24.5 Å². The summed E-state index contributed by atoms with van der Waals surface area (Å²) in [5, 5.41) is 3.27. The Morgan fingerprint density at radius 1 is 1.11 bits per heavy atom. The molecule has 0 radical (unpaired) electrons. The molecule has 0 atom stereocenters. The van der Waals surface area contributed by atoms with Crippen molar-refractivity contribution in [1.82, 2.24) is 9.97 Å². The summed E-state index contributed by atoms with van der Waals surface area (Å²) < 4.78 is 0. The summed E-state index contributed by atoms with van der Waals surface area (Å²) >= 11 is 0. The molecule has 1 heterocycles. The fraction of sp³-hybridized carbons (Fsp3) is 0.375. The SMILES string of the molecule is CCCNc1cncc(-c2cccc(CCC)c2)n1. The highest BCUT2D eigenvalue weighted by Crippen LogP contribution is 2.19. The molecule has 0 fully saturated rings. The molecule has 1 aromatic carbocycles. The van der Waals surface area contributed by atoms with Crippen LogP contribution in [-0.2, 0) is 6.42 Å². The fourth-order valence-electron chi connectivity index (χ4n) is 2.02. The zero-order chi connectivity index (χ0) is 13.5. The van der Waals surface area contributed by atoms with Crippen molar-refractivity contribution in [2.75, 3.05) is 11.9 Å². The summed E-state index contributed by atoms with van der Waals surface area (Å²) in [7, 11) is 0. The van der Waals surface area contributed by atoms with Gasteiger partial charge in [-0.15, -0.1) is 0 Å². The van der Waals surface area contributed by atoms with E-state index >= 15 is 0 Å². The number of hydrogen-bond donors (Lipinski definition) is 1. The first-order valence-corrected chi connectivity index (χ1v) is 6.98. The number of aromatic nitrogens is 2. The molecule has 0 aliphatic carbocycles. The van der Waals surface area contributed by atoms with E-state index in [4.69, 9.17) is 0 Å². The molecule has 0 unspecified atom stereocenters.